The number of amides is 1. The highest BCUT2D eigenvalue weighted by Crippen LogP contribution is 2.26. The monoisotopic (exact) mass is 321 g/mol. The Morgan fingerprint density at radius 3 is 2.68 bits per heavy atom. The molecule has 1 aromatic carbocycles. The van der Waals surface area contributed by atoms with Crippen LogP contribution >= 0.6 is 15.9 Å². The van der Waals surface area contributed by atoms with Crippen LogP contribution in [0.15, 0.2) is 35.3 Å². The third-order valence-corrected chi connectivity index (χ3v) is 4.10. The number of hydrogen-bond acceptors (Lipinski definition) is 1. The van der Waals surface area contributed by atoms with E-state index in [-0.39, 0.29) is 5.91 Å². The summed E-state index contributed by atoms with van der Waals surface area (Å²) < 4.78 is 0.959. The maximum atomic E-state index is 12.7. The minimum absolute atomic E-state index is 0.121. The molecule has 1 aromatic rings. The van der Waals surface area contributed by atoms with Crippen molar-refractivity contribution in [2.24, 2.45) is 0 Å². The zero-order valence-corrected chi connectivity index (χ0v) is 12.9. The maximum absolute atomic E-state index is 12.7. The Balaban J connectivity index is 2.24. The van der Waals surface area contributed by atoms with E-state index in [1.165, 1.54) is 12.8 Å². The highest BCUT2D eigenvalue weighted by atomic mass is 79.9. The molecule has 2 rings (SSSR count). The van der Waals surface area contributed by atoms with Gasteiger partial charge in [0.25, 0.3) is 5.91 Å². The van der Waals surface area contributed by atoms with Crippen LogP contribution in [-0.2, 0) is 0 Å². The van der Waals surface area contributed by atoms with Crippen LogP contribution in [0.1, 0.15) is 41.6 Å². The third-order valence-electron chi connectivity index (χ3n) is 3.64. The molecule has 0 aliphatic heterocycles. The Morgan fingerprint density at radius 2 is 2.11 bits per heavy atom. The van der Waals surface area contributed by atoms with Gasteiger partial charge in [-0.25, -0.2) is 0 Å². The van der Waals surface area contributed by atoms with Crippen LogP contribution < -0.4 is 0 Å². The van der Waals surface area contributed by atoms with E-state index in [0.717, 1.165) is 28.4 Å². The zero-order valence-electron chi connectivity index (χ0n) is 11.4. The number of hydrogen-bond donors (Lipinski definition) is 0. The fourth-order valence-electron chi connectivity index (χ4n) is 2.78. The van der Waals surface area contributed by atoms with Gasteiger partial charge in [-0.1, -0.05) is 34.8 Å². The van der Waals surface area contributed by atoms with Crippen molar-refractivity contribution >= 4 is 21.8 Å². The molecule has 0 N–H and O–H groups in total. The molecular weight excluding hydrogens is 302 g/mol. The first-order valence-electron chi connectivity index (χ1n) is 6.81. The smallest absolute Gasteiger partial charge is 0.254 e. The summed E-state index contributed by atoms with van der Waals surface area (Å²) in [4.78, 5) is 14.7. The lowest BCUT2D eigenvalue weighted by molar-refractivity contribution is 0.0706. The van der Waals surface area contributed by atoms with Gasteiger partial charge in [-0.05, 0) is 43.5 Å². The van der Waals surface area contributed by atoms with Crippen molar-refractivity contribution in [2.75, 3.05) is 6.54 Å². The number of halogens is 1. The van der Waals surface area contributed by atoms with Gasteiger partial charge in [0, 0.05) is 22.6 Å². The summed E-state index contributed by atoms with van der Waals surface area (Å²) in [6, 6.07) is 6.26. The third kappa shape index (κ3) is 3.47. The van der Waals surface area contributed by atoms with Crippen LogP contribution in [0.2, 0.25) is 0 Å². The van der Waals surface area contributed by atoms with Gasteiger partial charge in [0.1, 0.15) is 0 Å². The lowest BCUT2D eigenvalue weighted by Gasteiger charge is -2.28. The van der Waals surface area contributed by atoms with Crippen molar-refractivity contribution in [1.82, 2.24) is 4.90 Å². The Kier molecular flexibility index (Phi) is 4.81. The molecule has 2 nitrogen and oxygen atoms in total. The first-order valence-corrected chi connectivity index (χ1v) is 7.60. The zero-order chi connectivity index (χ0) is 13.8. The summed E-state index contributed by atoms with van der Waals surface area (Å²) in [6.07, 6.45) is 6.51. The molecule has 0 saturated heterocycles. The summed E-state index contributed by atoms with van der Waals surface area (Å²) in [6.45, 7) is 6.42. The van der Waals surface area contributed by atoms with E-state index in [2.05, 4.69) is 22.5 Å². The average Bonchev–Trinajstić information content (AvgIpc) is 2.87. The molecule has 0 unspecified atom stereocenters. The largest absolute Gasteiger partial charge is 0.332 e. The van der Waals surface area contributed by atoms with Crippen molar-refractivity contribution in [3.63, 3.8) is 0 Å². The van der Waals surface area contributed by atoms with Crippen LogP contribution in [-0.4, -0.2) is 23.4 Å². The summed E-state index contributed by atoms with van der Waals surface area (Å²) >= 11 is 3.46. The summed E-state index contributed by atoms with van der Waals surface area (Å²) in [5.41, 5.74) is 1.86. The Labute approximate surface area is 123 Å². The minimum Gasteiger partial charge on any atom is -0.332 e. The van der Waals surface area contributed by atoms with Gasteiger partial charge in [-0.15, -0.1) is 6.58 Å². The van der Waals surface area contributed by atoms with Crippen molar-refractivity contribution in [3.05, 3.63) is 46.5 Å². The van der Waals surface area contributed by atoms with Gasteiger partial charge < -0.3 is 4.90 Å². The molecule has 1 aliphatic carbocycles. The van der Waals surface area contributed by atoms with Crippen molar-refractivity contribution in [2.45, 2.75) is 38.6 Å². The van der Waals surface area contributed by atoms with E-state index in [0.29, 0.717) is 12.6 Å². The first-order chi connectivity index (χ1) is 9.11. The lowest BCUT2D eigenvalue weighted by atomic mass is 10.1. The summed E-state index contributed by atoms with van der Waals surface area (Å²) in [5.74, 6) is 0.121. The second-order valence-electron chi connectivity index (χ2n) is 5.20. The molecule has 3 heteroatoms. The average molecular weight is 322 g/mol. The van der Waals surface area contributed by atoms with Crippen molar-refractivity contribution in [3.8, 4) is 0 Å². The Morgan fingerprint density at radius 1 is 1.42 bits per heavy atom. The topological polar surface area (TPSA) is 20.3 Å². The SMILES string of the molecule is C=CCN(C(=O)c1cc(C)cc(Br)c1)C1CCCC1. The molecule has 19 heavy (non-hydrogen) atoms. The van der Waals surface area contributed by atoms with Crippen molar-refractivity contribution < 1.29 is 4.79 Å². The number of benzene rings is 1. The second-order valence-corrected chi connectivity index (χ2v) is 6.12. The standard InChI is InChI=1S/C16H20BrNO/c1-3-8-18(15-6-4-5-7-15)16(19)13-9-12(2)10-14(17)11-13/h3,9-11,15H,1,4-8H2,2H3. The van der Waals surface area contributed by atoms with E-state index < -0.39 is 0 Å². The van der Waals surface area contributed by atoms with E-state index in [4.69, 9.17) is 0 Å². The van der Waals surface area contributed by atoms with E-state index in [1.807, 2.05) is 36.1 Å². The van der Waals surface area contributed by atoms with Gasteiger partial charge >= 0.3 is 0 Å². The van der Waals surface area contributed by atoms with Crippen LogP contribution in [0.4, 0.5) is 0 Å². The number of rotatable bonds is 4. The predicted molar refractivity (Wildman–Crippen MR) is 82.4 cm³/mol. The highest BCUT2D eigenvalue weighted by Gasteiger charge is 2.26. The second kappa shape index (κ2) is 6.38. The number of aryl methyl sites for hydroxylation is 1. The van der Waals surface area contributed by atoms with Gasteiger partial charge in [-0.3, -0.25) is 4.79 Å². The fourth-order valence-corrected chi connectivity index (χ4v) is 3.39. The molecule has 1 fully saturated rings. The van der Waals surface area contributed by atoms with Crippen LogP contribution in [0.5, 0.6) is 0 Å². The number of nitrogens with zero attached hydrogens (tertiary/aromatic N) is 1. The van der Waals surface area contributed by atoms with E-state index in [1.54, 1.807) is 0 Å². The molecule has 0 heterocycles. The molecule has 0 spiro atoms. The van der Waals surface area contributed by atoms with Gasteiger partial charge in [-0.2, -0.15) is 0 Å². The van der Waals surface area contributed by atoms with Crippen LogP contribution in [0.25, 0.3) is 0 Å². The van der Waals surface area contributed by atoms with E-state index >= 15 is 0 Å². The molecule has 102 valence electrons. The van der Waals surface area contributed by atoms with Gasteiger partial charge in [0.15, 0.2) is 0 Å². The maximum Gasteiger partial charge on any atom is 0.254 e. The normalized spacial score (nSPS) is 15.5. The van der Waals surface area contributed by atoms with Gasteiger partial charge in [0.05, 0.1) is 0 Å². The molecule has 0 bridgehead atoms. The van der Waals surface area contributed by atoms with E-state index in [9.17, 15) is 4.79 Å². The molecule has 1 saturated carbocycles. The Bertz CT molecular complexity index is 457. The van der Waals surface area contributed by atoms with Crippen LogP contribution in [0.3, 0.4) is 0 Å². The molecule has 1 aliphatic rings. The number of carbonyl (C=O) groups excluding carboxylic acids is 1. The molecule has 0 atom stereocenters. The molecule has 0 aromatic heterocycles. The lowest BCUT2D eigenvalue weighted by Crippen LogP contribution is -2.39. The van der Waals surface area contributed by atoms with Crippen LogP contribution in [0, 0.1) is 6.92 Å². The highest BCUT2D eigenvalue weighted by molar-refractivity contribution is 9.10. The minimum atomic E-state index is 0.121. The van der Waals surface area contributed by atoms with Gasteiger partial charge in [0.2, 0.25) is 0 Å². The Hall–Kier alpha value is -1.09. The first kappa shape index (κ1) is 14.3. The predicted octanol–water partition coefficient (Wildman–Crippen LogP) is 4.33. The quantitative estimate of drug-likeness (QED) is 0.756. The molecule has 0 radical (unpaired) electrons. The summed E-state index contributed by atoms with van der Waals surface area (Å²) in [7, 11) is 0. The fraction of sp³-hybridized carbons (Fsp3) is 0.438. The molecule has 1 amide bonds. The molecular formula is C16H20BrNO. The summed E-state index contributed by atoms with van der Waals surface area (Å²) in [5, 5.41) is 0. The van der Waals surface area contributed by atoms with Crippen molar-refractivity contribution in [1.29, 1.82) is 0 Å². The number of carbonyl (C=O) groups is 1.